The van der Waals surface area contributed by atoms with E-state index in [1.54, 1.807) is 7.11 Å². The van der Waals surface area contributed by atoms with Gasteiger partial charge in [0.25, 0.3) is 0 Å². The fourth-order valence-electron chi connectivity index (χ4n) is 7.50. The van der Waals surface area contributed by atoms with Crippen LogP contribution in [-0.2, 0) is 4.57 Å². The molecule has 2 bridgehead atoms. The maximum Gasteiger partial charge on any atom is 0.126 e. The number of hydrogen-bond donors (Lipinski definition) is 0. The number of rotatable bonds is 5. The number of methoxy groups -OCH3 is 1. The van der Waals surface area contributed by atoms with Crippen molar-refractivity contribution in [1.82, 2.24) is 0 Å². The lowest BCUT2D eigenvalue weighted by Crippen LogP contribution is -2.26. The van der Waals surface area contributed by atoms with E-state index in [9.17, 15) is 0 Å². The van der Waals surface area contributed by atoms with Gasteiger partial charge in [0.15, 0.2) is 0 Å². The predicted molar refractivity (Wildman–Crippen MR) is 127 cm³/mol. The van der Waals surface area contributed by atoms with Crippen LogP contribution in [0.4, 0.5) is 0 Å². The van der Waals surface area contributed by atoms with Crippen LogP contribution in [0, 0.1) is 18.8 Å². The zero-order valence-electron chi connectivity index (χ0n) is 19.0. The molecule has 0 saturated heterocycles. The first-order valence-electron chi connectivity index (χ1n) is 12.6. The molecule has 3 saturated carbocycles. The standard InChI is InChI=1S/C27H39O2P/c1-19-10-9-15-24(29-2)25(19)26-20-16-17-21(18-20)27(26)30(28,22-11-5-3-6-12-22)23-13-7-4-8-14-23/h9-10,15,20-23H,3-8,11-14,16-18H2,1-2H3. The summed E-state index contributed by atoms with van der Waals surface area (Å²) < 4.78 is 21.4. The van der Waals surface area contributed by atoms with Gasteiger partial charge in [0.05, 0.1) is 7.11 Å². The molecule has 2 atom stereocenters. The van der Waals surface area contributed by atoms with E-state index in [1.807, 2.05) is 0 Å². The summed E-state index contributed by atoms with van der Waals surface area (Å²) in [7, 11) is -0.609. The Kier molecular flexibility index (Phi) is 5.91. The summed E-state index contributed by atoms with van der Waals surface area (Å²) in [6.07, 6.45) is 16.4. The second-order valence-electron chi connectivity index (χ2n) is 10.5. The molecule has 0 amide bonds. The number of aryl methyl sites for hydroxylation is 1. The van der Waals surface area contributed by atoms with E-state index in [-0.39, 0.29) is 0 Å². The molecule has 3 fully saturated rings. The Morgan fingerprint density at radius 3 is 2.03 bits per heavy atom. The highest BCUT2D eigenvalue weighted by molar-refractivity contribution is 7.69. The molecule has 0 N–H and O–H groups in total. The second-order valence-corrected chi connectivity index (χ2v) is 13.8. The molecule has 4 aliphatic rings. The number of fused-ring (bicyclic) bond motifs is 2. The average molecular weight is 427 g/mol. The van der Waals surface area contributed by atoms with E-state index in [0.29, 0.717) is 23.2 Å². The molecular weight excluding hydrogens is 387 g/mol. The lowest BCUT2D eigenvalue weighted by atomic mass is 9.89. The van der Waals surface area contributed by atoms with Gasteiger partial charge < -0.3 is 9.30 Å². The number of hydrogen-bond acceptors (Lipinski definition) is 2. The molecule has 3 heteroatoms. The van der Waals surface area contributed by atoms with E-state index < -0.39 is 7.14 Å². The predicted octanol–water partition coefficient (Wildman–Crippen LogP) is 8.17. The highest BCUT2D eigenvalue weighted by Gasteiger charge is 2.53. The van der Waals surface area contributed by atoms with Gasteiger partial charge in [0, 0.05) is 16.9 Å². The van der Waals surface area contributed by atoms with Gasteiger partial charge in [-0.1, -0.05) is 50.7 Å². The molecule has 164 valence electrons. The molecule has 0 heterocycles. The van der Waals surface area contributed by atoms with Gasteiger partial charge in [0.2, 0.25) is 0 Å². The van der Waals surface area contributed by atoms with E-state index in [4.69, 9.17) is 4.74 Å². The summed E-state index contributed by atoms with van der Waals surface area (Å²) in [5, 5.41) is 1.48. The summed E-state index contributed by atoms with van der Waals surface area (Å²) in [5.41, 5.74) is 4.99. The van der Waals surface area contributed by atoms with Crippen molar-refractivity contribution in [1.29, 1.82) is 0 Å². The van der Waals surface area contributed by atoms with Gasteiger partial charge in [-0.3, -0.25) is 0 Å². The first-order chi connectivity index (χ1) is 14.6. The first kappa shape index (κ1) is 20.9. The minimum Gasteiger partial charge on any atom is -0.496 e. The van der Waals surface area contributed by atoms with Gasteiger partial charge in [-0.05, 0) is 86.2 Å². The highest BCUT2D eigenvalue weighted by Crippen LogP contribution is 2.76. The largest absolute Gasteiger partial charge is 0.496 e. The summed E-state index contributed by atoms with van der Waals surface area (Å²) >= 11 is 0. The van der Waals surface area contributed by atoms with Crippen molar-refractivity contribution in [2.45, 2.75) is 102 Å². The summed E-state index contributed by atoms with van der Waals surface area (Å²) in [6, 6.07) is 6.44. The van der Waals surface area contributed by atoms with Crippen molar-refractivity contribution in [2.24, 2.45) is 11.8 Å². The van der Waals surface area contributed by atoms with Crippen molar-refractivity contribution in [3.05, 3.63) is 34.6 Å². The van der Waals surface area contributed by atoms with Gasteiger partial charge in [-0.2, -0.15) is 0 Å². The molecule has 4 aliphatic carbocycles. The Hall–Kier alpha value is -1.01. The van der Waals surface area contributed by atoms with Crippen LogP contribution >= 0.6 is 7.14 Å². The van der Waals surface area contributed by atoms with Crippen LogP contribution in [0.1, 0.15) is 94.6 Å². The lowest BCUT2D eigenvalue weighted by molar-refractivity contribution is 0.412. The van der Waals surface area contributed by atoms with Crippen LogP contribution in [0.2, 0.25) is 0 Å². The Labute approximate surface area is 183 Å². The second kappa shape index (κ2) is 8.50. The normalized spacial score (nSPS) is 28.3. The Morgan fingerprint density at radius 1 is 0.833 bits per heavy atom. The molecule has 0 spiro atoms. The SMILES string of the molecule is COc1cccc(C)c1C1=C(P(=O)(C2CCCCC2)C2CCCCC2)C2CCC1C2. The van der Waals surface area contributed by atoms with Crippen molar-refractivity contribution < 1.29 is 9.30 Å². The first-order valence-corrected chi connectivity index (χ1v) is 14.5. The zero-order valence-corrected chi connectivity index (χ0v) is 19.9. The van der Waals surface area contributed by atoms with Crippen molar-refractivity contribution in [3.8, 4) is 5.75 Å². The molecule has 5 rings (SSSR count). The van der Waals surface area contributed by atoms with Crippen LogP contribution in [0.3, 0.4) is 0 Å². The van der Waals surface area contributed by atoms with Gasteiger partial charge >= 0.3 is 0 Å². The van der Waals surface area contributed by atoms with Crippen LogP contribution in [0.5, 0.6) is 5.75 Å². The van der Waals surface area contributed by atoms with Crippen LogP contribution in [-0.4, -0.2) is 18.4 Å². The van der Waals surface area contributed by atoms with Crippen LogP contribution in [0.15, 0.2) is 23.5 Å². The molecule has 30 heavy (non-hydrogen) atoms. The topological polar surface area (TPSA) is 26.3 Å². The number of ether oxygens (including phenoxy) is 1. The fourth-order valence-corrected chi connectivity index (χ4v) is 12.6. The van der Waals surface area contributed by atoms with Gasteiger partial charge in [0.1, 0.15) is 12.9 Å². The maximum atomic E-state index is 15.5. The summed E-state index contributed by atoms with van der Waals surface area (Å²) in [6.45, 7) is 2.22. The molecular formula is C27H39O2P. The van der Waals surface area contributed by atoms with Crippen molar-refractivity contribution in [2.75, 3.05) is 7.11 Å². The smallest absolute Gasteiger partial charge is 0.126 e. The monoisotopic (exact) mass is 426 g/mol. The third-order valence-corrected chi connectivity index (χ3v) is 13.4. The third kappa shape index (κ3) is 3.33. The molecule has 0 radical (unpaired) electrons. The Bertz CT molecular complexity index is 836. The minimum absolute atomic E-state index is 0.453. The van der Waals surface area contributed by atoms with Crippen molar-refractivity contribution in [3.63, 3.8) is 0 Å². The summed E-state index contributed by atoms with van der Waals surface area (Å²) in [4.78, 5) is 0. The molecule has 0 aromatic heterocycles. The van der Waals surface area contributed by atoms with Crippen LogP contribution in [0.25, 0.3) is 5.57 Å². The van der Waals surface area contributed by atoms with E-state index in [0.717, 1.165) is 5.75 Å². The third-order valence-electron chi connectivity index (χ3n) is 8.84. The van der Waals surface area contributed by atoms with E-state index in [2.05, 4.69) is 25.1 Å². The molecule has 0 aliphatic heterocycles. The number of allylic oxidation sites excluding steroid dienone is 2. The number of benzene rings is 1. The quantitative estimate of drug-likeness (QED) is 0.444. The molecule has 2 nitrogen and oxygen atoms in total. The molecule has 2 unspecified atom stereocenters. The van der Waals surface area contributed by atoms with Gasteiger partial charge in [-0.25, -0.2) is 0 Å². The lowest BCUT2D eigenvalue weighted by Gasteiger charge is -2.42. The zero-order chi connectivity index (χ0) is 20.7. The van der Waals surface area contributed by atoms with Crippen LogP contribution < -0.4 is 4.74 Å². The Balaban J connectivity index is 1.71. The van der Waals surface area contributed by atoms with E-state index >= 15 is 4.57 Å². The minimum atomic E-state index is -2.41. The fraction of sp³-hybridized carbons (Fsp3) is 0.704. The van der Waals surface area contributed by atoms with Gasteiger partial charge in [-0.15, -0.1) is 0 Å². The Morgan fingerprint density at radius 2 is 1.43 bits per heavy atom. The maximum absolute atomic E-state index is 15.5. The highest BCUT2D eigenvalue weighted by atomic mass is 31.2. The van der Waals surface area contributed by atoms with E-state index in [1.165, 1.54) is 105 Å². The molecule has 1 aromatic carbocycles. The summed E-state index contributed by atoms with van der Waals surface area (Å²) in [5.74, 6) is 2.17. The van der Waals surface area contributed by atoms with Crippen molar-refractivity contribution >= 4 is 12.7 Å². The average Bonchev–Trinajstić information content (AvgIpc) is 3.41. The molecule has 1 aromatic rings.